The highest BCUT2D eigenvalue weighted by Gasteiger charge is 2.09. The molecular weight excluding hydrogens is 316 g/mol. The smallest absolute Gasteiger partial charge is 0.270 e. The van der Waals surface area contributed by atoms with Crippen LogP contribution in [0.4, 0.5) is 0 Å². The van der Waals surface area contributed by atoms with Gasteiger partial charge in [-0.15, -0.1) is 0 Å². The van der Waals surface area contributed by atoms with Crippen molar-refractivity contribution in [3.8, 4) is 0 Å². The van der Waals surface area contributed by atoms with Crippen LogP contribution < -0.4 is 10.5 Å². The molecule has 0 radical (unpaired) electrons. The van der Waals surface area contributed by atoms with Gasteiger partial charge in [-0.05, 0) is 44.0 Å². The fourth-order valence-electron chi connectivity index (χ4n) is 2.09. The van der Waals surface area contributed by atoms with Crippen LogP contribution in [0.3, 0.4) is 0 Å². The van der Waals surface area contributed by atoms with E-state index < -0.39 is 10.0 Å². The van der Waals surface area contributed by atoms with E-state index in [0.717, 1.165) is 11.3 Å². The van der Waals surface area contributed by atoms with E-state index in [1.54, 1.807) is 32.0 Å². The molecule has 8 heteroatoms. The lowest BCUT2D eigenvalue weighted by molar-refractivity contribution is 0.0948. The number of amides is 1. The van der Waals surface area contributed by atoms with Gasteiger partial charge in [0.15, 0.2) is 0 Å². The third-order valence-corrected chi connectivity index (χ3v) is 4.08. The predicted molar refractivity (Wildman–Crippen MR) is 85.4 cm³/mol. The molecule has 23 heavy (non-hydrogen) atoms. The van der Waals surface area contributed by atoms with Gasteiger partial charge in [-0.3, -0.25) is 4.79 Å². The summed E-state index contributed by atoms with van der Waals surface area (Å²) in [5.74, 6) is 0.286. The summed E-state index contributed by atoms with van der Waals surface area (Å²) < 4.78 is 22.3. The molecule has 7 nitrogen and oxygen atoms in total. The maximum atomic E-state index is 12.0. The van der Waals surface area contributed by atoms with Crippen molar-refractivity contribution in [2.24, 2.45) is 5.14 Å². The Morgan fingerprint density at radius 1 is 1.17 bits per heavy atom. The van der Waals surface area contributed by atoms with Crippen LogP contribution in [0.2, 0.25) is 0 Å². The molecule has 0 aliphatic rings. The molecule has 1 amide bonds. The molecule has 0 saturated heterocycles. The van der Waals surface area contributed by atoms with Crippen LogP contribution in [0.15, 0.2) is 35.2 Å². The SMILES string of the molecule is Cc1cc(C(=O)NCCc2ccc(S(N)(=O)=O)cc2)nc(C)n1. The van der Waals surface area contributed by atoms with Crippen LogP contribution in [0, 0.1) is 13.8 Å². The normalized spacial score (nSPS) is 11.3. The quantitative estimate of drug-likeness (QED) is 0.836. The summed E-state index contributed by atoms with van der Waals surface area (Å²) in [7, 11) is -3.68. The zero-order chi connectivity index (χ0) is 17.0. The Balaban J connectivity index is 1.93. The Kier molecular flexibility index (Phi) is 5.07. The molecule has 0 aliphatic heterocycles. The molecule has 1 aromatic carbocycles. The summed E-state index contributed by atoms with van der Waals surface area (Å²) in [5.41, 5.74) is 1.97. The molecule has 0 fully saturated rings. The Bertz CT molecular complexity index is 797. The molecule has 3 N–H and O–H groups in total. The molecule has 0 bridgehead atoms. The summed E-state index contributed by atoms with van der Waals surface area (Å²) in [6, 6.07) is 7.87. The van der Waals surface area contributed by atoms with Crippen LogP contribution in [0.25, 0.3) is 0 Å². The highest BCUT2D eigenvalue weighted by atomic mass is 32.2. The predicted octanol–water partition coefficient (Wildman–Crippen LogP) is 0.713. The van der Waals surface area contributed by atoms with Gasteiger partial charge in [0.1, 0.15) is 11.5 Å². The minimum atomic E-state index is -3.68. The Morgan fingerprint density at radius 3 is 2.39 bits per heavy atom. The summed E-state index contributed by atoms with van der Waals surface area (Å²) in [6.07, 6.45) is 0.569. The number of benzene rings is 1. The third kappa shape index (κ3) is 4.83. The number of rotatable bonds is 5. The van der Waals surface area contributed by atoms with E-state index in [2.05, 4.69) is 15.3 Å². The average molecular weight is 334 g/mol. The first-order valence-corrected chi connectivity index (χ1v) is 8.52. The Labute approximate surface area is 135 Å². The summed E-state index contributed by atoms with van der Waals surface area (Å²) in [4.78, 5) is 20.3. The van der Waals surface area contributed by atoms with E-state index in [1.807, 2.05) is 0 Å². The molecule has 0 saturated carbocycles. The van der Waals surface area contributed by atoms with Gasteiger partial charge < -0.3 is 5.32 Å². The van der Waals surface area contributed by atoms with Gasteiger partial charge in [0.25, 0.3) is 5.91 Å². The molecule has 1 aromatic heterocycles. The number of nitrogens with two attached hydrogens (primary N) is 1. The number of aromatic nitrogens is 2. The van der Waals surface area contributed by atoms with E-state index in [0.29, 0.717) is 24.5 Å². The highest BCUT2D eigenvalue weighted by Crippen LogP contribution is 2.09. The second kappa shape index (κ2) is 6.84. The second-order valence-corrected chi connectivity index (χ2v) is 6.70. The molecule has 0 aliphatic carbocycles. The van der Waals surface area contributed by atoms with Crippen molar-refractivity contribution in [3.05, 3.63) is 53.1 Å². The van der Waals surface area contributed by atoms with Crippen molar-refractivity contribution >= 4 is 15.9 Å². The molecule has 0 spiro atoms. The average Bonchev–Trinajstić information content (AvgIpc) is 2.45. The van der Waals surface area contributed by atoms with Crippen LogP contribution in [-0.4, -0.2) is 30.8 Å². The van der Waals surface area contributed by atoms with Crippen LogP contribution in [0.1, 0.15) is 27.6 Å². The minimum Gasteiger partial charge on any atom is -0.350 e. The highest BCUT2D eigenvalue weighted by molar-refractivity contribution is 7.89. The molecule has 2 rings (SSSR count). The lowest BCUT2D eigenvalue weighted by atomic mass is 10.1. The van der Waals surface area contributed by atoms with Gasteiger partial charge in [0.2, 0.25) is 10.0 Å². The fourth-order valence-corrected chi connectivity index (χ4v) is 2.61. The first-order chi connectivity index (χ1) is 10.8. The second-order valence-electron chi connectivity index (χ2n) is 5.14. The largest absolute Gasteiger partial charge is 0.350 e. The molecular formula is C15H18N4O3S. The van der Waals surface area contributed by atoms with Crippen molar-refractivity contribution in [2.45, 2.75) is 25.2 Å². The molecule has 0 unspecified atom stereocenters. The number of hydrogen-bond donors (Lipinski definition) is 2. The lowest BCUT2D eigenvalue weighted by Gasteiger charge is -2.07. The van der Waals surface area contributed by atoms with E-state index in [9.17, 15) is 13.2 Å². The van der Waals surface area contributed by atoms with Gasteiger partial charge >= 0.3 is 0 Å². The summed E-state index contributed by atoms with van der Waals surface area (Å²) in [5, 5.41) is 7.81. The van der Waals surface area contributed by atoms with Crippen molar-refractivity contribution in [2.75, 3.05) is 6.54 Å². The van der Waals surface area contributed by atoms with Crippen molar-refractivity contribution in [3.63, 3.8) is 0 Å². The Morgan fingerprint density at radius 2 is 1.83 bits per heavy atom. The zero-order valence-corrected chi connectivity index (χ0v) is 13.7. The first kappa shape index (κ1) is 17.0. The molecule has 2 aromatic rings. The maximum absolute atomic E-state index is 12.0. The van der Waals surface area contributed by atoms with Gasteiger partial charge in [-0.25, -0.2) is 23.5 Å². The number of nitrogens with one attached hydrogen (secondary N) is 1. The monoisotopic (exact) mass is 334 g/mol. The number of primary sulfonamides is 1. The number of carbonyl (C=O) groups is 1. The number of aryl methyl sites for hydroxylation is 2. The summed E-state index contributed by atoms with van der Waals surface area (Å²) in [6.45, 7) is 3.95. The van der Waals surface area contributed by atoms with Crippen LogP contribution in [-0.2, 0) is 16.4 Å². The van der Waals surface area contributed by atoms with E-state index in [1.165, 1.54) is 12.1 Å². The van der Waals surface area contributed by atoms with Crippen molar-refractivity contribution in [1.29, 1.82) is 0 Å². The van der Waals surface area contributed by atoms with E-state index in [-0.39, 0.29) is 10.8 Å². The first-order valence-electron chi connectivity index (χ1n) is 6.98. The Hall–Kier alpha value is -2.32. The maximum Gasteiger partial charge on any atom is 0.270 e. The molecule has 122 valence electrons. The van der Waals surface area contributed by atoms with Gasteiger partial charge in [0.05, 0.1) is 4.90 Å². The number of hydrogen-bond acceptors (Lipinski definition) is 5. The number of nitrogens with zero attached hydrogens (tertiary/aromatic N) is 2. The third-order valence-electron chi connectivity index (χ3n) is 3.15. The standard InChI is InChI=1S/C15H18N4O3S/c1-10-9-14(19-11(2)18-10)15(20)17-8-7-12-3-5-13(6-4-12)23(16,21)22/h3-6,9H,7-8H2,1-2H3,(H,17,20)(H2,16,21,22). The zero-order valence-electron chi connectivity index (χ0n) is 12.9. The van der Waals surface area contributed by atoms with Crippen LogP contribution in [0.5, 0.6) is 0 Å². The number of sulfonamides is 1. The van der Waals surface area contributed by atoms with Crippen molar-refractivity contribution < 1.29 is 13.2 Å². The van der Waals surface area contributed by atoms with Gasteiger partial charge in [0, 0.05) is 12.2 Å². The summed E-state index contributed by atoms with van der Waals surface area (Å²) >= 11 is 0. The lowest BCUT2D eigenvalue weighted by Crippen LogP contribution is -2.27. The van der Waals surface area contributed by atoms with E-state index in [4.69, 9.17) is 5.14 Å². The van der Waals surface area contributed by atoms with Gasteiger partial charge in [-0.1, -0.05) is 12.1 Å². The van der Waals surface area contributed by atoms with E-state index >= 15 is 0 Å². The molecule has 0 atom stereocenters. The fraction of sp³-hybridized carbons (Fsp3) is 0.267. The van der Waals surface area contributed by atoms with Gasteiger partial charge in [-0.2, -0.15) is 0 Å². The topological polar surface area (TPSA) is 115 Å². The minimum absolute atomic E-state index is 0.0669. The molecule has 1 heterocycles. The van der Waals surface area contributed by atoms with Crippen LogP contribution >= 0.6 is 0 Å². The number of carbonyl (C=O) groups excluding carboxylic acids is 1. The van der Waals surface area contributed by atoms with Crippen molar-refractivity contribution in [1.82, 2.24) is 15.3 Å².